The molecular weight excluding hydrogens is 204 g/mol. The second-order valence-corrected chi connectivity index (χ2v) is 3.64. The summed E-state index contributed by atoms with van der Waals surface area (Å²) in [5, 5.41) is 0. The second-order valence-electron chi connectivity index (χ2n) is 3.64. The molecule has 0 fully saturated rings. The fraction of sp³-hybridized carbons (Fsp3) is 0.167. The molecule has 1 heterocycles. The third-order valence-corrected chi connectivity index (χ3v) is 2.25. The predicted molar refractivity (Wildman–Crippen MR) is 59.9 cm³/mol. The summed E-state index contributed by atoms with van der Waals surface area (Å²) in [6.45, 7) is 3.66. The minimum Gasteiger partial charge on any atom is -0.435 e. The van der Waals surface area contributed by atoms with Gasteiger partial charge in [0.25, 0.3) is 5.91 Å². The van der Waals surface area contributed by atoms with Crippen LogP contribution in [-0.4, -0.2) is 10.9 Å². The van der Waals surface area contributed by atoms with Gasteiger partial charge in [0.05, 0.1) is 0 Å². The van der Waals surface area contributed by atoms with Gasteiger partial charge in [-0.25, -0.2) is 4.98 Å². The zero-order chi connectivity index (χ0) is 11.7. The maximum absolute atomic E-state index is 11.2. The first-order valence-corrected chi connectivity index (χ1v) is 4.92. The van der Waals surface area contributed by atoms with Crippen LogP contribution >= 0.6 is 0 Å². The molecule has 0 radical (unpaired) electrons. The molecule has 0 spiro atoms. The topological polar surface area (TPSA) is 69.1 Å². The van der Waals surface area contributed by atoms with Crippen LogP contribution in [0, 0.1) is 13.8 Å². The molecule has 0 aliphatic carbocycles. The van der Waals surface area contributed by atoms with Crippen LogP contribution in [0.3, 0.4) is 0 Å². The summed E-state index contributed by atoms with van der Waals surface area (Å²) in [6.07, 6.45) is 0. The van der Waals surface area contributed by atoms with E-state index in [-0.39, 0.29) is 5.76 Å². The Morgan fingerprint density at radius 2 is 2.12 bits per heavy atom. The van der Waals surface area contributed by atoms with Crippen molar-refractivity contribution in [3.05, 3.63) is 41.5 Å². The monoisotopic (exact) mass is 216 g/mol. The highest BCUT2D eigenvalue weighted by Crippen LogP contribution is 2.24. The van der Waals surface area contributed by atoms with E-state index >= 15 is 0 Å². The molecule has 16 heavy (non-hydrogen) atoms. The number of carbonyl (C=O) groups is 1. The maximum Gasteiger partial charge on any atom is 0.286 e. The number of oxazole rings is 1. The maximum atomic E-state index is 11.2. The van der Waals surface area contributed by atoms with Gasteiger partial charge in [0.1, 0.15) is 5.69 Å². The first-order valence-electron chi connectivity index (χ1n) is 4.92. The summed E-state index contributed by atoms with van der Waals surface area (Å²) in [7, 11) is 0. The molecule has 4 nitrogen and oxygen atoms in total. The molecule has 2 aromatic rings. The first kappa shape index (κ1) is 10.4. The highest BCUT2D eigenvalue weighted by Gasteiger charge is 2.17. The largest absolute Gasteiger partial charge is 0.435 e. The van der Waals surface area contributed by atoms with Crippen LogP contribution in [0.5, 0.6) is 0 Å². The highest BCUT2D eigenvalue weighted by molar-refractivity contribution is 5.96. The zero-order valence-electron chi connectivity index (χ0n) is 9.15. The minimum absolute atomic E-state index is 0.114. The molecular formula is C12H12N2O2. The molecule has 0 aliphatic rings. The number of carbonyl (C=O) groups excluding carboxylic acids is 1. The Morgan fingerprint density at radius 1 is 1.38 bits per heavy atom. The number of amides is 1. The molecule has 4 heteroatoms. The molecule has 1 aromatic heterocycles. The summed E-state index contributed by atoms with van der Waals surface area (Å²) in [6, 6.07) is 7.68. The lowest BCUT2D eigenvalue weighted by atomic mass is 10.1. The zero-order valence-corrected chi connectivity index (χ0v) is 9.15. The van der Waals surface area contributed by atoms with Crippen molar-refractivity contribution >= 4 is 5.91 Å². The molecule has 0 saturated heterocycles. The Hall–Kier alpha value is -2.10. The van der Waals surface area contributed by atoms with Crippen LogP contribution in [0.4, 0.5) is 0 Å². The van der Waals surface area contributed by atoms with Crippen molar-refractivity contribution in [3.8, 4) is 11.3 Å². The van der Waals surface area contributed by atoms with Gasteiger partial charge in [-0.1, -0.05) is 23.8 Å². The Morgan fingerprint density at radius 3 is 2.75 bits per heavy atom. The lowest BCUT2D eigenvalue weighted by Gasteiger charge is -1.99. The highest BCUT2D eigenvalue weighted by atomic mass is 16.4. The minimum atomic E-state index is -0.600. The molecule has 2 N–H and O–H groups in total. The van der Waals surface area contributed by atoms with Crippen molar-refractivity contribution in [2.75, 3.05) is 0 Å². The van der Waals surface area contributed by atoms with Crippen molar-refractivity contribution in [2.24, 2.45) is 5.73 Å². The van der Waals surface area contributed by atoms with E-state index in [2.05, 4.69) is 4.98 Å². The average Bonchev–Trinajstić information content (AvgIpc) is 2.60. The van der Waals surface area contributed by atoms with E-state index in [0.29, 0.717) is 11.6 Å². The van der Waals surface area contributed by atoms with Gasteiger partial charge in [-0.15, -0.1) is 0 Å². The first-order chi connectivity index (χ1) is 7.58. The van der Waals surface area contributed by atoms with Gasteiger partial charge < -0.3 is 10.2 Å². The van der Waals surface area contributed by atoms with E-state index < -0.39 is 5.91 Å². The number of nitrogens with zero attached hydrogens (tertiary/aromatic N) is 1. The molecule has 2 rings (SSSR count). The average molecular weight is 216 g/mol. The van der Waals surface area contributed by atoms with Gasteiger partial charge in [-0.3, -0.25) is 4.79 Å². The number of hydrogen-bond acceptors (Lipinski definition) is 3. The molecule has 0 bridgehead atoms. The Bertz CT molecular complexity index is 544. The summed E-state index contributed by atoms with van der Waals surface area (Å²) in [5.41, 5.74) is 7.67. The van der Waals surface area contributed by atoms with Crippen molar-refractivity contribution in [1.29, 1.82) is 0 Å². The van der Waals surface area contributed by atoms with Crippen molar-refractivity contribution in [1.82, 2.24) is 4.98 Å². The number of benzene rings is 1. The number of hydrogen-bond donors (Lipinski definition) is 1. The SMILES string of the molecule is Cc1cccc(-c2nc(C)oc2C(N)=O)c1. The summed E-state index contributed by atoms with van der Waals surface area (Å²) in [4.78, 5) is 15.4. The molecule has 1 aromatic carbocycles. The molecule has 82 valence electrons. The van der Waals surface area contributed by atoms with Gasteiger partial charge in [0, 0.05) is 12.5 Å². The number of rotatable bonds is 2. The van der Waals surface area contributed by atoms with E-state index in [1.165, 1.54) is 0 Å². The van der Waals surface area contributed by atoms with E-state index in [0.717, 1.165) is 11.1 Å². The van der Waals surface area contributed by atoms with E-state index in [1.807, 2.05) is 31.2 Å². The number of primary amides is 1. The van der Waals surface area contributed by atoms with E-state index in [4.69, 9.17) is 10.2 Å². The van der Waals surface area contributed by atoms with Gasteiger partial charge in [-0.2, -0.15) is 0 Å². The number of aromatic nitrogens is 1. The van der Waals surface area contributed by atoms with Crippen LogP contribution < -0.4 is 5.73 Å². The Labute approximate surface area is 93.1 Å². The summed E-state index contributed by atoms with van der Waals surface area (Å²) in [5.74, 6) is -0.0505. The molecule has 0 unspecified atom stereocenters. The van der Waals surface area contributed by atoms with Crippen LogP contribution in [-0.2, 0) is 0 Å². The van der Waals surface area contributed by atoms with Gasteiger partial charge in [0.15, 0.2) is 5.89 Å². The Kier molecular flexibility index (Phi) is 2.48. The third-order valence-electron chi connectivity index (χ3n) is 2.25. The van der Waals surface area contributed by atoms with Crippen molar-refractivity contribution in [2.45, 2.75) is 13.8 Å². The standard InChI is InChI=1S/C12H12N2O2/c1-7-4-3-5-9(6-7)10-11(12(13)15)16-8(2)14-10/h3-6H,1-2H3,(H2,13,15). The van der Waals surface area contributed by atoms with Gasteiger partial charge >= 0.3 is 0 Å². The van der Waals surface area contributed by atoms with Crippen LogP contribution in [0.1, 0.15) is 22.0 Å². The summed E-state index contributed by atoms with van der Waals surface area (Å²) >= 11 is 0. The number of aryl methyl sites for hydroxylation is 2. The smallest absolute Gasteiger partial charge is 0.286 e. The van der Waals surface area contributed by atoms with E-state index in [9.17, 15) is 4.79 Å². The fourth-order valence-electron chi connectivity index (χ4n) is 1.58. The molecule has 0 saturated carbocycles. The predicted octanol–water partition coefficient (Wildman–Crippen LogP) is 2.06. The molecule has 0 aliphatic heterocycles. The lowest BCUT2D eigenvalue weighted by molar-refractivity contribution is 0.0973. The van der Waals surface area contributed by atoms with Gasteiger partial charge in [-0.05, 0) is 13.0 Å². The van der Waals surface area contributed by atoms with E-state index in [1.54, 1.807) is 6.92 Å². The summed E-state index contributed by atoms with van der Waals surface area (Å²) < 4.78 is 5.18. The van der Waals surface area contributed by atoms with Crippen LogP contribution in [0.2, 0.25) is 0 Å². The van der Waals surface area contributed by atoms with Crippen molar-refractivity contribution < 1.29 is 9.21 Å². The Balaban J connectivity index is 2.59. The number of nitrogens with two attached hydrogens (primary N) is 1. The quantitative estimate of drug-likeness (QED) is 0.835. The van der Waals surface area contributed by atoms with Gasteiger partial charge in [0.2, 0.25) is 5.76 Å². The lowest BCUT2D eigenvalue weighted by Crippen LogP contribution is -2.11. The van der Waals surface area contributed by atoms with Crippen molar-refractivity contribution in [3.63, 3.8) is 0 Å². The third kappa shape index (κ3) is 1.82. The van der Waals surface area contributed by atoms with Crippen LogP contribution in [0.25, 0.3) is 11.3 Å². The fourth-order valence-corrected chi connectivity index (χ4v) is 1.58. The molecule has 1 amide bonds. The van der Waals surface area contributed by atoms with Crippen LogP contribution in [0.15, 0.2) is 28.7 Å². The normalized spacial score (nSPS) is 10.4. The second kappa shape index (κ2) is 3.81. The molecule has 0 atom stereocenters.